The quantitative estimate of drug-likeness (QED) is 0.847. The van der Waals surface area contributed by atoms with Crippen LogP contribution in [-0.2, 0) is 10.0 Å². The molecule has 0 amide bonds. The fourth-order valence-corrected chi connectivity index (χ4v) is 4.28. The molecule has 2 rings (SSSR count). The molecule has 1 aromatic carbocycles. The molecule has 0 unspecified atom stereocenters. The largest absolute Gasteiger partial charge is 0.495 e. The molecule has 0 radical (unpaired) electrons. The van der Waals surface area contributed by atoms with Crippen molar-refractivity contribution >= 4 is 15.7 Å². The summed E-state index contributed by atoms with van der Waals surface area (Å²) in [6.45, 7) is 2.38. The van der Waals surface area contributed by atoms with E-state index >= 15 is 0 Å². The Labute approximate surface area is 127 Å². The van der Waals surface area contributed by atoms with Crippen molar-refractivity contribution < 1.29 is 13.2 Å². The molecule has 2 N–H and O–H groups in total. The van der Waals surface area contributed by atoms with E-state index in [9.17, 15) is 8.42 Å². The van der Waals surface area contributed by atoms with Gasteiger partial charge in [-0.1, -0.05) is 12.8 Å². The van der Waals surface area contributed by atoms with Gasteiger partial charge in [0.15, 0.2) is 0 Å². The van der Waals surface area contributed by atoms with Gasteiger partial charge in [0.25, 0.3) is 0 Å². The zero-order valence-electron chi connectivity index (χ0n) is 12.9. The normalized spacial score (nSPS) is 16.6. The molecular weight excluding hydrogens is 288 g/mol. The highest BCUT2D eigenvalue weighted by Crippen LogP contribution is 2.32. The number of aryl methyl sites for hydroxylation is 1. The van der Waals surface area contributed by atoms with Crippen molar-refractivity contribution in [2.75, 3.05) is 26.4 Å². The molecule has 6 heteroatoms. The summed E-state index contributed by atoms with van der Waals surface area (Å²) in [6, 6.07) is 3.17. The van der Waals surface area contributed by atoms with Crippen LogP contribution >= 0.6 is 0 Å². The van der Waals surface area contributed by atoms with E-state index in [0.29, 0.717) is 23.9 Å². The second-order valence-corrected chi connectivity index (χ2v) is 7.81. The summed E-state index contributed by atoms with van der Waals surface area (Å²) in [5, 5.41) is 0. The molecule has 1 aromatic rings. The predicted octanol–water partition coefficient (Wildman–Crippen LogP) is 2.40. The van der Waals surface area contributed by atoms with Gasteiger partial charge in [-0.15, -0.1) is 0 Å². The Morgan fingerprint density at radius 1 is 1.33 bits per heavy atom. The van der Waals surface area contributed by atoms with Gasteiger partial charge in [0.05, 0.1) is 7.11 Å². The van der Waals surface area contributed by atoms with Gasteiger partial charge in [0, 0.05) is 19.3 Å². The van der Waals surface area contributed by atoms with Crippen LogP contribution < -0.4 is 10.5 Å². The Morgan fingerprint density at radius 3 is 2.52 bits per heavy atom. The van der Waals surface area contributed by atoms with E-state index in [-0.39, 0.29) is 4.90 Å². The van der Waals surface area contributed by atoms with Crippen LogP contribution in [0.25, 0.3) is 0 Å². The first-order valence-corrected chi connectivity index (χ1v) is 8.70. The van der Waals surface area contributed by atoms with Gasteiger partial charge in [-0.25, -0.2) is 12.7 Å². The zero-order valence-corrected chi connectivity index (χ0v) is 13.7. The SMILES string of the molecule is COc1cc(C)c(N)cc1S(=O)(=O)N(C)CC1CCCC1. The number of nitrogens with zero attached hydrogens (tertiary/aromatic N) is 1. The Bertz CT molecular complexity index is 608. The molecule has 0 heterocycles. The summed E-state index contributed by atoms with van der Waals surface area (Å²) in [4.78, 5) is 0.147. The Balaban J connectivity index is 2.31. The van der Waals surface area contributed by atoms with Crippen molar-refractivity contribution in [3.8, 4) is 5.75 Å². The van der Waals surface area contributed by atoms with Gasteiger partial charge >= 0.3 is 0 Å². The number of benzene rings is 1. The number of anilines is 1. The van der Waals surface area contributed by atoms with Crippen molar-refractivity contribution in [3.63, 3.8) is 0 Å². The van der Waals surface area contributed by atoms with Crippen LogP contribution in [0.3, 0.4) is 0 Å². The minimum atomic E-state index is -3.58. The van der Waals surface area contributed by atoms with Crippen LogP contribution in [0, 0.1) is 12.8 Å². The van der Waals surface area contributed by atoms with E-state index in [1.807, 2.05) is 6.92 Å². The summed E-state index contributed by atoms with van der Waals surface area (Å²) < 4.78 is 32.2. The smallest absolute Gasteiger partial charge is 0.246 e. The average molecular weight is 312 g/mol. The lowest BCUT2D eigenvalue weighted by Gasteiger charge is -2.22. The van der Waals surface area contributed by atoms with E-state index in [4.69, 9.17) is 10.5 Å². The van der Waals surface area contributed by atoms with Gasteiger partial charge in [-0.2, -0.15) is 0 Å². The molecule has 0 atom stereocenters. The molecule has 1 aliphatic carbocycles. The zero-order chi connectivity index (χ0) is 15.6. The summed E-state index contributed by atoms with van der Waals surface area (Å²) in [5.74, 6) is 0.804. The Hall–Kier alpha value is -1.27. The highest BCUT2D eigenvalue weighted by atomic mass is 32.2. The van der Waals surface area contributed by atoms with Crippen molar-refractivity contribution in [2.45, 2.75) is 37.5 Å². The maximum atomic E-state index is 12.8. The van der Waals surface area contributed by atoms with Crippen molar-refractivity contribution in [1.82, 2.24) is 4.31 Å². The molecular formula is C15H24N2O3S. The molecule has 0 aliphatic heterocycles. The summed E-state index contributed by atoms with van der Waals surface area (Å²) >= 11 is 0. The minimum absolute atomic E-state index is 0.147. The van der Waals surface area contributed by atoms with Crippen molar-refractivity contribution in [1.29, 1.82) is 0 Å². The van der Waals surface area contributed by atoms with Crippen LogP contribution in [0.5, 0.6) is 5.75 Å². The molecule has 21 heavy (non-hydrogen) atoms. The number of sulfonamides is 1. The van der Waals surface area contributed by atoms with Gasteiger partial charge in [0.1, 0.15) is 10.6 Å². The highest BCUT2D eigenvalue weighted by Gasteiger charge is 2.28. The maximum Gasteiger partial charge on any atom is 0.246 e. The van der Waals surface area contributed by atoms with Crippen LogP contribution in [0.2, 0.25) is 0 Å². The third kappa shape index (κ3) is 3.32. The summed E-state index contributed by atoms with van der Waals surface area (Å²) in [5.41, 5.74) is 7.14. The van der Waals surface area contributed by atoms with Crippen molar-refractivity contribution in [2.24, 2.45) is 5.92 Å². The predicted molar refractivity (Wildman–Crippen MR) is 83.9 cm³/mol. The molecule has 118 valence electrons. The number of methoxy groups -OCH3 is 1. The fourth-order valence-electron chi connectivity index (χ4n) is 2.86. The topological polar surface area (TPSA) is 72.6 Å². The lowest BCUT2D eigenvalue weighted by atomic mass is 10.1. The van der Waals surface area contributed by atoms with Gasteiger partial charge in [0.2, 0.25) is 10.0 Å². The van der Waals surface area contributed by atoms with E-state index in [0.717, 1.165) is 18.4 Å². The van der Waals surface area contributed by atoms with Crippen LogP contribution in [-0.4, -0.2) is 33.4 Å². The fraction of sp³-hybridized carbons (Fsp3) is 0.600. The third-order valence-electron chi connectivity index (χ3n) is 4.23. The molecule has 1 aliphatic rings. The number of ether oxygens (including phenoxy) is 1. The van der Waals surface area contributed by atoms with Crippen LogP contribution in [0.15, 0.2) is 17.0 Å². The highest BCUT2D eigenvalue weighted by molar-refractivity contribution is 7.89. The monoisotopic (exact) mass is 312 g/mol. The average Bonchev–Trinajstić information content (AvgIpc) is 2.94. The molecule has 1 fully saturated rings. The molecule has 5 nitrogen and oxygen atoms in total. The second kappa shape index (κ2) is 6.23. The number of hydrogen-bond donors (Lipinski definition) is 1. The third-order valence-corrected chi connectivity index (χ3v) is 6.08. The molecule has 1 saturated carbocycles. The minimum Gasteiger partial charge on any atom is -0.495 e. The van der Waals surface area contributed by atoms with Crippen LogP contribution in [0.4, 0.5) is 5.69 Å². The molecule has 0 spiro atoms. The number of hydrogen-bond acceptors (Lipinski definition) is 4. The first kappa shape index (κ1) is 16.1. The molecule has 0 bridgehead atoms. The lowest BCUT2D eigenvalue weighted by Crippen LogP contribution is -2.31. The second-order valence-electron chi connectivity index (χ2n) is 5.80. The standard InChI is InChI=1S/C15H24N2O3S/c1-11-8-14(20-3)15(9-13(11)16)21(18,19)17(2)10-12-6-4-5-7-12/h8-9,12H,4-7,10,16H2,1-3H3. The number of rotatable bonds is 5. The first-order chi connectivity index (χ1) is 9.86. The van der Waals surface area contributed by atoms with Crippen molar-refractivity contribution in [3.05, 3.63) is 17.7 Å². The Morgan fingerprint density at radius 2 is 1.95 bits per heavy atom. The maximum absolute atomic E-state index is 12.8. The number of nitrogen functional groups attached to an aromatic ring is 1. The van der Waals surface area contributed by atoms with E-state index in [1.54, 1.807) is 13.1 Å². The Kier molecular flexibility index (Phi) is 4.78. The van der Waals surface area contributed by atoms with Gasteiger partial charge in [-0.3, -0.25) is 0 Å². The summed E-state index contributed by atoms with van der Waals surface area (Å²) in [6.07, 6.45) is 4.60. The van der Waals surface area contributed by atoms with Gasteiger partial charge < -0.3 is 10.5 Å². The van der Waals surface area contributed by atoms with Crippen LogP contribution in [0.1, 0.15) is 31.2 Å². The van der Waals surface area contributed by atoms with E-state index in [2.05, 4.69) is 0 Å². The van der Waals surface area contributed by atoms with E-state index < -0.39 is 10.0 Å². The molecule has 0 aromatic heterocycles. The van der Waals surface area contributed by atoms with E-state index in [1.165, 1.54) is 30.3 Å². The summed E-state index contributed by atoms with van der Waals surface area (Å²) in [7, 11) is -0.479. The lowest BCUT2D eigenvalue weighted by molar-refractivity contribution is 0.377. The number of nitrogens with two attached hydrogens (primary N) is 1. The van der Waals surface area contributed by atoms with Gasteiger partial charge in [-0.05, 0) is 43.4 Å². The first-order valence-electron chi connectivity index (χ1n) is 7.26. The molecule has 0 saturated heterocycles.